The van der Waals surface area contributed by atoms with Gasteiger partial charge in [0.05, 0.1) is 11.3 Å². The first-order valence-electron chi connectivity index (χ1n) is 8.57. The highest BCUT2D eigenvalue weighted by Crippen LogP contribution is 2.37. The van der Waals surface area contributed by atoms with Crippen LogP contribution in [0.4, 0.5) is 18.3 Å². The van der Waals surface area contributed by atoms with Crippen LogP contribution < -0.4 is 10.4 Å². The van der Waals surface area contributed by atoms with Gasteiger partial charge < -0.3 is 4.90 Å². The minimum atomic E-state index is -4.32. The zero-order chi connectivity index (χ0) is 19.9. The lowest BCUT2D eigenvalue weighted by Gasteiger charge is -2.17. The minimum Gasteiger partial charge on any atom is -0.339 e. The molecule has 146 valence electrons. The van der Waals surface area contributed by atoms with Gasteiger partial charge in [0, 0.05) is 30.0 Å². The molecule has 0 saturated heterocycles. The summed E-state index contributed by atoms with van der Waals surface area (Å²) in [5.74, 6) is -0.728. The molecule has 2 aromatic rings. The second-order valence-electron chi connectivity index (χ2n) is 6.69. The van der Waals surface area contributed by atoms with Crippen molar-refractivity contribution in [3.8, 4) is 0 Å². The summed E-state index contributed by atoms with van der Waals surface area (Å²) in [4.78, 5) is 18.2. The van der Waals surface area contributed by atoms with E-state index < -0.39 is 17.7 Å². The van der Waals surface area contributed by atoms with Crippen LogP contribution in [-0.2, 0) is 13.1 Å². The van der Waals surface area contributed by atoms with Gasteiger partial charge in [0.2, 0.25) is 0 Å². The minimum absolute atomic E-state index is 0.166. The molecule has 2 aliphatic rings. The monoisotopic (exact) mass is 407 g/mol. The molecule has 0 radical (unpaired) electrons. The summed E-state index contributed by atoms with van der Waals surface area (Å²) >= 11 is 1.45. The van der Waals surface area contributed by atoms with Gasteiger partial charge in [-0.2, -0.15) is 13.2 Å². The Kier molecular flexibility index (Phi) is 4.72. The van der Waals surface area contributed by atoms with E-state index in [0.29, 0.717) is 18.7 Å². The van der Waals surface area contributed by atoms with Crippen molar-refractivity contribution in [1.29, 1.82) is 0 Å². The molecule has 0 spiro atoms. The van der Waals surface area contributed by atoms with Crippen LogP contribution in [0.5, 0.6) is 0 Å². The van der Waals surface area contributed by atoms with Crippen LogP contribution in [0.1, 0.15) is 39.5 Å². The molecule has 5 nitrogen and oxygen atoms in total. The highest BCUT2D eigenvalue weighted by atomic mass is 32.1. The third-order valence-electron chi connectivity index (χ3n) is 4.88. The van der Waals surface area contributed by atoms with Crippen LogP contribution in [0, 0.1) is 0 Å². The molecular weight excluding hydrogens is 391 g/mol. The fourth-order valence-electron chi connectivity index (χ4n) is 3.38. The van der Waals surface area contributed by atoms with Crippen LogP contribution in [0.15, 0.2) is 47.4 Å². The van der Waals surface area contributed by atoms with Crippen molar-refractivity contribution < 1.29 is 23.2 Å². The number of nitrogens with zero attached hydrogens (tertiary/aromatic N) is 2. The van der Waals surface area contributed by atoms with Gasteiger partial charge in [-0.05, 0) is 29.7 Å². The summed E-state index contributed by atoms with van der Waals surface area (Å²) in [6.45, 7) is 1.22. The number of allylic oxidation sites excluding steroid dienone is 4. The molecule has 1 aliphatic heterocycles. The molecule has 0 fully saturated rings. The fraction of sp³-hybridized carbons (Fsp3) is 0.263. The highest BCUT2D eigenvalue weighted by Gasteiger charge is 2.33. The van der Waals surface area contributed by atoms with E-state index in [4.69, 9.17) is 5.21 Å². The molecule has 0 bridgehead atoms. The largest absolute Gasteiger partial charge is 0.416 e. The number of hydroxylamine groups is 1. The van der Waals surface area contributed by atoms with Crippen LogP contribution in [-0.4, -0.2) is 22.3 Å². The summed E-state index contributed by atoms with van der Waals surface area (Å²) in [6, 6.07) is 5.24. The van der Waals surface area contributed by atoms with E-state index in [1.807, 2.05) is 11.4 Å². The predicted octanol–water partition coefficient (Wildman–Crippen LogP) is 4.31. The summed E-state index contributed by atoms with van der Waals surface area (Å²) in [5.41, 5.74) is 4.19. The number of amides is 1. The maximum absolute atomic E-state index is 12.7. The first kappa shape index (κ1) is 18.7. The normalized spacial score (nSPS) is 18.8. The average Bonchev–Trinajstić information content (AvgIpc) is 3.33. The lowest BCUT2D eigenvalue weighted by atomic mass is 9.94. The Bertz CT molecular complexity index is 981. The van der Waals surface area contributed by atoms with Gasteiger partial charge in [-0.1, -0.05) is 24.3 Å². The lowest BCUT2D eigenvalue weighted by molar-refractivity contribution is -0.0886. The standard InChI is InChI=1S/C19H16F3N3O2S/c20-19(21,22)15-5-3-11(4-6-15)16-10-28-18(23-16)25-8-13-2-1-12(17(26)24-27)7-14(13)9-25/h1-3,5-7,10-11,27H,4,8-9H2,(H,24,26). The lowest BCUT2D eigenvalue weighted by Crippen LogP contribution is -2.18. The first-order valence-corrected chi connectivity index (χ1v) is 9.45. The van der Waals surface area contributed by atoms with Crippen LogP contribution in [0.2, 0.25) is 0 Å². The quantitative estimate of drug-likeness (QED) is 0.588. The third kappa shape index (κ3) is 3.55. The van der Waals surface area contributed by atoms with Crippen LogP contribution >= 0.6 is 11.3 Å². The van der Waals surface area contributed by atoms with Crippen molar-refractivity contribution in [1.82, 2.24) is 10.5 Å². The van der Waals surface area contributed by atoms with Crippen molar-refractivity contribution in [2.45, 2.75) is 31.6 Å². The number of hydrogen-bond acceptors (Lipinski definition) is 5. The van der Waals surface area contributed by atoms with Gasteiger partial charge in [-0.15, -0.1) is 11.3 Å². The second kappa shape index (κ2) is 7.06. The van der Waals surface area contributed by atoms with Crippen LogP contribution in [0.25, 0.3) is 0 Å². The van der Waals surface area contributed by atoms with Gasteiger partial charge in [0.25, 0.3) is 5.91 Å². The number of anilines is 1. The first-order chi connectivity index (χ1) is 13.3. The number of carbonyl (C=O) groups excluding carboxylic acids is 1. The Hall–Kier alpha value is -2.65. The number of carbonyl (C=O) groups is 1. The third-order valence-corrected chi connectivity index (χ3v) is 5.80. The number of nitrogens with one attached hydrogen (secondary N) is 1. The topological polar surface area (TPSA) is 65.5 Å². The van der Waals surface area contributed by atoms with Gasteiger partial charge in [0.15, 0.2) is 5.13 Å². The highest BCUT2D eigenvalue weighted by molar-refractivity contribution is 7.13. The Morgan fingerprint density at radius 1 is 1.29 bits per heavy atom. The average molecular weight is 407 g/mol. The fourth-order valence-corrected chi connectivity index (χ4v) is 4.27. The maximum Gasteiger partial charge on any atom is 0.416 e. The number of halogens is 3. The van der Waals surface area contributed by atoms with Gasteiger partial charge in [-0.3, -0.25) is 10.0 Å². The Morgan fingerprint density at radius 3 is 2.75 bits per heavy atom. The smallest absolute Gasteiger partial charge is 0.339 e. The molecule has 1 atom stereocenters. The molecule has 1 unspecified atom stereocenters. The summed E-state index contributed by atoms with van der Waals surface area (Å²) in [7, 11) is 0. The van der Waals surface area contributed by atoms with Crippen molar-refractivity contribution in [3.63, 3.8) is 0 Å². The zero-order valence-corrected chi connectivity index (χ0v) is 15.3. The van der Waals surface area contributed by atoms with Crippen LogP contribution in [0.3, 0.4) is 0 Å². The second-order valence-corrected chi connectivity index (χ2v) is 7.53. The van der Waals surface area contributed by atoms with Gasteiger partial charge in [-0.25, -0.2) is 10.5 Å². The Balaban J connectivity index is 1.46. The number of alkyl halides is 3. The van der Waals surface area contributed by atoms with E-state index in [2.05, 4.69) is 9.88 Å². The molecule has 4 rings (SSSR count). The van der Waals surface area contributed by atoms with E-state index in [-0.39, 0.29) is 12.3 Å². The molecule has 1 aromatic carbocycles. The summed E-state index contributed by atoms with van der Waals surface area (Å²) in [6.07, 6.45) is -0.161. The Labute approximate surface area is 162 Å². The molecule has 1 amide bonds. The molecule has 9 heteroatoms. The van der Waals surface area contributed by atoms with E-state index in [0.717, 1.165) is 28.0 Å². The maximum atomic E-state index is 12.7. The number of aromatic nitrogens is 1. The van der Waals surface area contributed by atoms with Gasteiger partial charge in [0.1, 0.15) is 0 Å². The van der Waals surface area contributed by atoms with E-state index >= 15 is 0 Å². The molecular formula is C19H16F3N3O2S. The molecule has 1 aliphatic carbocycles. The molecule has 2 N–H and O–H groups in total. The number of thiazole rings is 1. The summed E-state index contributed by atoms with van der Waals surface area (Å²) < 4.78 is 38.2. The molecule has 28 heavy (non-hydrogen) atoms. The molecule has 2 heterocycles. The van der Waals surface area contributed by atoms with Crippen molar-refractivity contribution in [2.24, 2.45) is 0 Å². The molecule has 1 aromatic heterocycles. The van der Waals surface area contributed by atoms with Crippen molar-refractivity contribution in [3.05, 3.63) is 69.8 Å². The number of benzene rings is 1. The van der Waals surface area contributed by atoms with E-state index in [1.165, 1.54) is 17.4 Å². The summed E-state index contributed by atoms with van der Waals surface area (Å²) in [5, 5.41) is 11.4. The van der Waals surface area contributed by atoms with Crippen molar-refractivity contribution in [2.75, 3.05) is 4.90 Å². The van der Waals surface area contributed by atoms with E-state index in [9.17, 15) is 18.0 Å². The van der Waals surface area contributed by atoms with Gasteiger partial charge >= 0.3 is 6.18 Å². The number of fused-ring (bicyclic) bond motifs is 1. The Morgan fingerprint density at radius 2 is 2.07 bits per heavy atom. The molecule has 0 saturated carbocycles. The SMILES string of the molecule is O=C(NO)c1ccc2c(c1)CN(c1nc(C3C=CC(C(F)(F)F)=CC3)cs1)C2. The predicted molar refractivity (Wildman–Crippen MR) is 98.3 cm³/mol. The number of hydrogen-bond donors (Lipinski definition) is 2. The zero-order valence-electron chi connectivity index (χ0n) is 14.5. The van der Waals surface area contributed by atoms with Crippen molar-refractivity contribution >= 4 is 22.4 Å². The van der Waals surface area contributed by atoms with E-state index in [1.54, 1.807) is 23.7 Å². The number of rotatable bonds is 3.